The van der Waals surface area contributed by atoms with Crippen LogP contribution in [-0.4, -0.2) is 0 Å². The maximum atomic E-state index is 4.15. The van der Waals surface area contributed by atoms with Crippen LogP contribution < -0.4 is 0 Å². The molecule has 0 atom stereocenters. The standard InChI is InChI=1S/C6H9BrS/c1-3-5(7)6(8)4-2/h3-4,8H,1-2H3/b5-3+,6-4+. The Labute approximate surface area is 64.2 Å². The first-order valence-corrected chi connectivity index (χ1v) is 3.63. The summed E-state index contributed by atoms with van der Waals surface area (Å²) in [5.74, 6) is 0. The quantitative estimate of drug-likeness (QED) is 0.480. The first-order valence-electron chi connectivity index (χ1n) is 2.39. The summed E-state index contributed by atoms with van der Waals surface area (Å²) < 4.78 is 1.04. The van der Waals surface area contributed by atoms with Crippen LogP contribution in [0, 0.1) is 0 Å². The van der Waals surface area contributed by atoms with Crippen molar-refractivity contribution in [2.75, 3.05) is 0 Å². The number of thiol groups is 1. The summed E-state index contributed by atoms with van der Waals surface area (Å²) in [5, 5.41) is 0. The summed E-state index contributed by atoms with van der Waals surface area (Å²) in [4.78, 5) is 0.979. The van der Waals surface area contributed by atoms with Gasteiger partial charge in [-0.3, -0.25) is 0 Å². The van der Waals surface area contributed by atoms with E-state index in [0.29, 0.717) is 0 Å². The van der Waals surface area contributed by atoms with Crippen LogP contribution in [0.1, 0.15) is 13.8 Å². The van der Waals surface area contributed by atoms with Crippen LogP contribution in [0.15, 0.2) is 21.5 Å². The molecule has 0 aliphatic rings. The molecule has 0 saturated heterocycles. The molecular formula is C6H9BrS. The SMILES string of the molecule is C/C=C(S)\C(Br)=C/C. The molecule has 8 heavy (non-hydrogen) atoms. The van der Waals surface area contributed by atoms with E-state index < -0.39 is 0 Å². The van der Waals surface area contributed by atoms with Gasteiger partial charge >= 0.3 is 0 Å². The third-order valence-corrected chi connectivity index (χ3v) is 2.46. The van der Waals surface area contributed by atoms with E-state index in [4.69, 9.17) is 0 Å². The Morgan fingerprint density at radius 3 is 2.00 bits per heavy atom. The molecule has 0 rings (SSSR count). The lowest BCUT2D eigenvalue weighted by Crippen LogP contribution is -1.66. The van der Waals surface area contributed by atoms with Gasteiger partial charge in [-0.1, -0.05) is 12.2 Å². The zero-order chi connectivity index (χ0) is 6.57. The van der Waals surface area contributed by atoms with Crippen molar-refractivity contribution in [1.82, 2.24) is 0 Å². The zero-order valence-electron chi connectivity index (χ0n) is 4.98. The Hall–Kier alpha value is 0.310. The van der Waals surface area contributed by atoms with Gasteiger partial charge < -0.3 is 0 Å². The van der Waals surface area contributed by atoms with Crippen molar-refractivity contribution in [2.24, 2.45) is 0 Å². The molecule has 46 valence electrons. The van der Waals surface area contributed by atoms with E-state index in [9.17, 15) is 0 Å². The molecule has 0 bridgehead atoms. The Balaban J connectivity index is 4.04. The highest BCUT2D eigenvalue weighted by Crippen LogP contribution is 2.19. The molecule has 0 fully saturated rings. The van der Waals surface area contributed by atoms with E-state index in [1.54, 1.807) is 0 Å². The van der Waals surface area contributed by atoms with Crippen LogP contribution in [-0.2, 0) is 0 Å². The summed E-state index contributed by atoms with van der Waals surface area (Å²) in [6.45, 7) is 3.91. The lowest BCUT2D eigenvalue weighted by atomic mass is 10.4. The molecule has 0 aromatic carbocycles. The zero-order valence-corrected chi connectivity index (χ0v) is 7.46. The maximum Gasteiger partial charge on any atom is 0.0262 e. The lowest BCUT2D eigenvalue weighted by molar-refractivity contribution is 1.65. The first-order chi connectivity index (χ1) is 3.72. The second-order valence-corrected chi connectivity index (χ2v) is 2.65. The highest BCUT2D eigenvalue weighted by molar-refractivity contribution is 9.12. The smallest absolute Gasteiger partial charge is 0.0262 e. The number of hydrogen-bond donors (Lipinski definition) is 1. The Morgan fingerprint density at radius 2 is 1.88 bits per heavy atom. The van der Waals surface area contributed by atoms with Gasteiger partial charge in [0.25, 0.3) is 0 Å². The molecule has 2 heteroatoms. The van der Waals surface area contributed by atoms with Gasteiger partial charge in [0.15, 0.2) is 0 Å². The largest absolute Gasteiger partial charge is 0.143 e. The molecule has 0 saturated carbocycles. The first kappa shape index (κ1) is 8.31. The monoisotopic (exact) mass is 192 g/mol. The van der Waals surface area contributed by atoms with Crippen LogP contribution in [0.25, 0.3) is 0 Å². The molecule has 0 aromatic rings. The summed E-state index contributed by atoms with van der Waals surface area (Å²) in [7, 11) is 0. The minimum atomic E-state index is 0.979. The normalized spacial score (nSPS) is 14.5. The van der Waals surface area contributed by atoms with Crippen molar-refractivity contribution in [2.45, 2.75) is 13.8 Å². The molecular weight excluding hydrogens is 184 g/mol. The van der Waals surface area contributed by atoms with Gasteiger partial charge in [0.05, 0.1) is 0 Å². The lowest BCUT2D eigenvalue weighted by Gasteiger charge is -1.91. The van der Waals surface area contributed by atoms with Crippen molar-refractivity contribution in [3.05, 3.63) is 21.5 Å². The fraction of sp³-hybridized carbons (Fsp3) is 0.333. The average Bonchev–Trinajstić information content (AvgIpc) is 1.84. The van der Waals surface area contributed by atoms with E-state index in [2.05, 4.69) is 28.6 Å². The van der Waals surface area contributed by atoms with Gasteiger partial charge in [-0.05, 0) is 29.8 Å². The Morgan fingerprint density at radius 1 is 1.38 bits per heavy atom. The summed E-state index contributed by atoms with van der Waals surface area (Å²) in [5.41, 5.74) is 0. The topological polar surface area (TPSA) is 0 Å². The molecule has 0 aromatic heterocycles. The average molecular weight is 193 g/mol. The number of hydrogen-bond acceptors (Lipinski definition) is 1. The van der Waals surface area contributed by atoms with Crippen LogP contribution in [0.5, 0.6) is 0 Å². The molecule has 0 aliphatic carbocycles. The minimum absolute atomic E-state index is 0.979. The van der Waals surface area contributed by atoms with Crippen LogP contribution in [0.3, 0.4) is 0 Å². The van der Waals surface area contributed by atoms with Crippen LogP contribution >= 0.6 is 28.6 Å². The van der Waals surface area contributed by atoms with Gasteiger partial charge in [0, 0.05) is 9.39 Å². The van der Waals surface area contributed by atoms with Gasteiger partial charge in [0.1, 0.15) is 0 Å². The van der Waals surface area contributed by atoms with E-state index >= 15 is 0 Å². The van der Waals surface area contributed by atoms with E-state index in [1.165, 1.54) is 0 Å². The predicted molar refractivity (Wildman–Crippen MR) is 45.4 cm³/mol. The van der Waals surface area contributed by atoms with E-state index in [-0.39, 0.29) is 0 Å². The molecule has 0 spiro atoms. The fourth-order valence-electron chi connectivity index (χ4n) is 0.286. The van der Waals surface area contributed by atoms with Crippen molar-refractivity contribution in [3.63, 3.8) is 0 Å². The molecule has 0 aliphatic heterocycles. The van der Waals surface area contributed by atoms with E-state index in [0.717, 1.165) is 9.39 Å². The second kappa shape index (κ2) is 4.21. The minimum Gasteiger partial charge on any atom is -0.143 e. The van der Waals surface area contributed by atoms with Crippen molar-refractivity contribution in [3.8, 4) is 0 Å². The fourth-order valence-corrected chi connectivity index (χ4v) is 0.644. The Kier molecular flexibility index (Phi) is 4.38. The Bertz CT molecular complexity index is 108. The maximum absolute atomic E-state index is 4.15. The van der Waals surface area contributed by atoms with E-state index in [1.807, 2.05) is 26.0 Å². The molecule has 0 N–H and O–H groups in total. The summed E-state index contributed by atoms with van der Waals surface area (Å²) >= 11 is 7.47. The molecule has 0 nitrogen and oxygen atoms in total. The van der Waals surface area contributed by atoms with Crippen LogP contribution in [0.4, 0.5) is 0 Å². The summed E-state index contributed by atoms with van der Waals surface area (Å²) in [6, 6.07) is 0. The number of halogens is 1. The summed E-state index contributed by atoms with van der Waals surface area (Å²) in [6.07, 6.45) is 3.90. The highest BCUT2D eigenvalue weighted by Gasteiger charge is 1.88. The van der Waals surface area contributed by atoms with Gasteiger partial charge in [0.2, 0.25) is 0 Å². The van der Waals surface area contributed by atoms with Crippen molar-refractivity contribution >= 4 is 28.6 Å². The second-order valence-electron chi connectivity index (χ2n) is 1.31. The van der Waals surface area contributed by atoms with Gasteiger partial charge in [-0.15, -0.1) is 12.6 Å². The molecule has 0 amide bonds. The highest BCUT2D eigenvalue weighted by atomic mass is 79.9. The van der Waals surface area contributed by atoms with Crippen molar-refractivity contribution < 1.29 is 0 Å². The third-order valence-electron chi connectivity index (χ3n) is 0.772. The van der Waals surface area contributed by atoms with Gasteiger partial charge in [-0.2, -0.15) is 0 Å². The molecule has 0 radical (unpaired) electrons. The predicted octanol–water partition coefficient (Wildman–Crippen LogP) is 3.12. The third kappa shape index (κ3) is 2.58. The number of rotatable bonds is 1. The van der Waals surface area contributed by atoms with Crippen LogP contribution in [0.2, 0.25) is 0 Å². The molecule has 0 unspecified atom stereocenters. The molecule has 0 heterocycles. The number of allylic oxidation sites excluding steroid dienone is 3. The van der Waals surface area contributed by atoms with Gasteiger partial charge in [-0.25, -0.2) is 0 Å². The van der Waals surface area contributed by atoms with Crippen molar-refractivity contribution in [1.29, 1.82) is 0 Å².